The zero-order valence-electron chi connectivity index (χ0n) is 10.5. The number of hydrogen-bond donors (Lipinski definition) is 0. The topological polar surface area (TPSA) is 26.3 Å². The Labute approximate surface area is 99.1 Å². The van der Waals surface area contributed by atoms with E-state index >= 15 is 0 Å². The predicted octanol–water partition coefficient (Wildman–Crippen LogP) is 4.00. The summed E-state index contributed by atoms with van der Waals surface area (Å²) >= 11 is 0. The summed E-state index contributed by atoms with van der Waals surface area (Å²) in [7, 11) is 0. The van der Waals surface area contributed by atoms with Crippen molar-refractivity contribution in [3.63, 3.8) is 0 Å². The van der Waals surface area contributed by atoms with Crippen molar-refractivity contribution < 1.29 is 9.53 Å². The molecule has 16 heavy (non-hydrogen) atoms. The SMILES string of the molecule is C=C1CC(CCCCCCCCC)OC1=O. The second-order valence-electron chi connectivity index (χ2n) is 4.74. The van der Waals surface area contributed by atoms with E-state index in [1.165, 1.54) is 44.9 Å². The van der Waals surface area contributed by atoms with Crippen LogP contribution in [0.25, 0.3) is 0 Å². The Morgan fingerprint density at radius 1 is 1.19 bits per heavy atom. The monoisotopic (exact) mass is 224 g/mol. The molecule has 0 aromatic heterocycles. The van der Waals surface area contributed by atoms with Crippen LogP contribution >= 0.6 is 0 Å². The molecule has 0 aromatic rings. The van der Waals surface area contributed by atoms with Crippen LogP contribution in [0, 0.1) is 0 Å². The molecule has 1 fully saturated rings. The Morgan fingerprint density at radius 3 is 2.38 bits per heavy atom. The molecule has 0 saturated carbocycles. The van der Waals surface area contributed by atoms with E-state index in [2.05, 4.69) is 13.5 Å². The van der Waals surface area contributed by atoms with Gasteiger partial charge in [0, 0.05) is 12.0 Å². The Kier molecular flexibility index (Phi) is 6.20. The van der Waals surface area contributed by atoms with Crippen molar-refractivity contribution >= 4 is 5.97 Å². The standard InChI is InChI=1S/C14H24O2/c1-3-4-5-6-7-8-9-10-13-11-12(2)14(15)16-13/h13H,2-11H2,1H3. The van der Waals surface area contributed by atoms with E-state index in [9.17, 15) is 4.79 Å². The molecular weight excluding hydrogens is 200 g/mol. The molecule has 1 saturated heterocycles. The van der Waals surface area contributed by atoms with Crippen LogP contribution in [0.1, 0.15) is 64.7 Å². The van der Waals surface area contributed by atoms with Crippen LogP contribution in [0.2, 0.25) is 0 Å². The molecule has 1 rings (SSSR count). The highest BCUT2D eigenvalue weighted by Gasteiger charge is 2.26. The maximum atomic E-state index is 11.1. The maximum absolute atomic E-state index is 11.1. The summed E-state index contributed by atoms with van der Waals surface area (Å²) in [4.78, 5) is 11.1. The summed E-state index contributed by atoms with van der Waals surface area (Å²) in [5.74, 6) is -0.187. The fourth-order valence-electron chi connectivity index (χ4n) is 2.12. The summed E-state index contributed by atoms with van der Waals surface area (Å²) in [5.41, 5.74) is 0.646. The average Bonchev–Trinajstić information content (AvgIpc) is 2.57. The molecule has 92 valence electrons. The fraction of sp³-hybridized carbons (Fsp3) is 0.786. The first-order valence-electron chi connectivity index (χ1n) is 6.62. The van der Waals surface area contributed by atoms with Gasteiger partial charge in [-0.15, -0.1) is 0 Å². The number of hydrogen-bond acceptors (Lipinski definition) is 2. The van der Waals surface area contributed by atoms with Gasteiger partial charge in [-0.1, -0.05) is 52.0 Å². The number of unbranched alkanes of at least 4 members (excludes halogenated alkanes) is 6. The van der Waals surface area contributed by atoms with Gasteiger partial charge in [0.25, 0.3) is 0 Å². The normalized spacial score (nSPS) is 20.2. The van der Waals surface area contributed by atoms with Crippen molar-refractivity contribution in [3.05, 3.63) is 12.2 Å². The van der Waals surface area contributed by atoms with Gasteiger partial charge >= 0.3 is 5.97 Å². The van der Waals surface area contributed by atoms with Crippen LogP contribution in [-0.2, 0) is 9.53 Å². The zero-order valence-corrected chi connectivity index (χ0v) is 10.5. The van der Waals surface area contributed by atoms with Crippen LogP contribution < -0.4 is 0 Å². The number of cyclic esters (lactones) is 1. The van der Waals surface area contributed by atoms with Crippen molar-refractivity contribution in [1.82, 2.24) is 0 Å². The Bertz CT molecular complexity index is 217. The smallest absolute Gasteiger partial charge is 0.333 e. The largest absolute Gasteiger partial charge is 0.459 e. The van der Waals surface area contributed by atoms with Crippen molar-refractivity contribution in [1.29, 1.82) is 0 Å². The number of esters is 1. The highest BCUT2D eigenvalue weighted by molar-refractivity contribution is 5.89. The summed E-state index contributed by atoms with van der Waals surface area (Å²) < 4.78 is 5.18. The highest BCUT2D eigenvalue weighted by Crippen LogP contribution is 2.23. The Hall–Kier alpha value is -0.790. The molecule has 0 N–H and O–H groups in total. The van der Waals surface area contributed by atoms with Gasteiger partial charge in [0.15, 0.2) is 0 Å². The summed E-state index contributed by atoms with van der Waals surface area (Å²) in [6.45, 7) is 5.93. The van der Waals surface area contributed by atoms with Gasteiger partial charge < -0.3 is 4.74 Å². The minimum absolute atomic E-state index is 0.121. The van der Waals surface area contributed by atoms with E-state index in [4.69, 9.17) is 4.74 Å². The molecule has 1 heterocycles. The van der Waals surface area contributed by atoms with Crippen molar-refractivity contribution in [2.24, 2.45) is 0 Å². The fourth-order valence-corrected chi connectivity index (χ4v) is 2.12. The molecular formula is C14H24O2. The van der Waals surface area contributed by atoms with E-state index in [1.54, 1.807) is 0 Å². The Morgan fingerprint density at radius 2 is 1.81 bits per heavy atom. The van der Waals surface area contributed by atoms with Crippen LogP contribution in [0.3, 0.4) is 0 Å². The quantitative estimate of drug-likeness (QED) is 0.354. The second-order valence-corrected chi connectivity index (χ2v) is 4.74. The predicted molar refractivity (Wildman–Crippen MR) is 66.2 cm³/mol. The maximum Gasteiger partial charge on any atom is 0.333 e. The molecule has 0 aliphatic carbocycles. The highest BCUT2D eigenvalue weighted by atomic mass is 16.5. The molecule has 2 nitrogen and oxygen atoms in total. The third kappa shape index (κ3) is 4.82. The number of ether oxygens (including phenoxy) is 1. The molecule has 0 amide bonds. The lowest BCUT2D eigenvalue weighted by atomic mass is 10.0. The second kappa shape index (κ2) is 7.48. The van der Waals surface area contributed by atoms with E-state index in [1.807, 2.05) is 0 Å². The van der Waals surface area contributed by atoms with Gasteiger partial charge in [-0.3, -0.25) is 0 Å². The number of carbonyl (C=O) groups is 1. The van der Waals surface area contributed by atoms with E-state index in [0.29, 0.717) is 5.57 Å². The summed E-state index contributed by atoms with van der Waals surface area (Å²) in [5, 5.41) is 0. The van der Waals surface area contributed by atoms with Gasteiger partial charge in [0.1, 0.15) is 6.10 Å². The molecule has 1 unspecified atom stereocenters. The molecule has 2 heteroatoms. The van der Waals surface area contributed by atoms with Gasteiger partial charge in [0.05, 0.1) is 0 Å². The lowest BCUT2D eigenvalue weighted by Crippen LogP contribution is -2.06. The molecule has 0 bridgehead atoms. The average molecular weight is 224 g/mol. The number of rotatable bonds is 8. The van der Waals surface area contributed by atoms with Crippen molar-refractivity contribution in [2.45, 2.75) is 70.8 Å². The third-order valence-electron chi connectivity index (χ3n) is 3.17. The van der Waals surface area contributed by atoms with Gasteiger partial charge in [-0.05, 0) is 12.8 Å². The van der Waals surface area contributed by atoms with Crippen molar-refractivity contribution in [3.8, 4) is 0 Å². The molecule has 1 aliphatic rings. The zero-order chi connectivity index (χ0) is 11.8. The lowest BCUT2D eigenvalue weighted by Gasteiger charge is -2.07. The van der Waals surface area contributed by atoms with Crippen molar-refractivity contribution in [2.75, 3.05) is 0 Å². The third-order valence-corrected chi connectivity index (χ3v) is 3.17. The summed E-state index contributed by atoms with van der Waals surface area (Å²) in [6, 6.07) is 0. The first kappa shape index (κ1) is 13.3. The first-order valence-corrected chi connectivity index (χ1v) is 6.62. The lowest BCUT2D eigenvalue weighted by molar-refractivity contribution is -0.139. The van der Waals surface area contributed by atoms with Crippen LogP contribution in [-0.4, -0.2) is 12.1 Å². The van der Waals surface area contributed by atoms with E-state index < -0.39 is 0 Å². The number of carbonyl (C=O) groups excluding carboxylic acids is 1. The minimum Gasteiger partial charge on any atom is -0.459 e. The van der Waals surface area contributed by atoms with Gasteiger partial charge in [-0.2, -0.15) is 0 Å². The molecule has 1 aliphatic heterocycles. The minimum atomic E-state index is -0.187. The first-order chi connectivity index (χ1) is 7.74. The van der Waals surface area contributed by atoms with Gasteiger partial charge in [-0.25, -0.2) is 4.79 Å². The van der Waals surface area contributed by atoms with Crippen LogP contribution in [0.15, 0.2) is 12.2 Å². The van der Waals surface area contributed by atoms with E-state index in [-0.39, 0.29) is 12.1 Å². The van der Waals surface area contributed by atoms with Crippen LogP contribution in [0.5, 0.6) is 0 Å². The molecule has 1 atom stereocenters. The van der Waals surface area contributed by atoms with Gasteiger partial charge in [0.2, 0.25) is 0 Å². The molecule has 0 aromatic carbocycles. The summed E-state index contributed by atoms with van der Waals surface area (Å²) in [6.07, 6.45) is 11.0. The van der Waals surface area contributed by atoms with E-state index in [0.717, 1.165) is 12.8 Å². The van der Waals surface area contributed by atoms with Crippen LogP contribution in [0.4, 0.5) is 0 Å². The molecule has 0 radical (unpaired) electrons. The molecule has 0 spiro atoms. The Balaban J connectivity index is 1.92.